The van der Waals surface area contributed by atoms with Gasteiger partial charge in [-0.15, -0.1) is 0 Å². The van der Waals surface area contributed by atoms with Crippen molar-refractivity contribution in [1.82, 2.24) is 4.90 Å². The van der Waals surface area contributed by atoms with Crippen LogP contribution in [0.15, 0.2) is 0 Å². The molecule has 1 amide bonds. The number of amides is 1. The quantitative estimate of drug-likeness (QED) is 0.779. The van der Waals surface area contributed by atoms with Crippen LogP contribution in [-0.2, 0) is 14.3 Å². The van der Waals surface area contributed by atoms with Gasteiger partial charge in [0.15, 0.2) is 0 Å². The molecule has 1 atom stereocenters. The number of carbonyl (C=O) groups is 2. The number of hydrogen-bond donors (Lipinski definition) is 0. The average molecular weight is 298 g/mol. The number of carbonyl (C=O) groups excluding carboxylic acids is 2. The number of ether oxygens (including phenoxy) is 2. The van der Waals surface area contributed by atoms with Crippen LogP contribution >= 0.6 is 0 Å². The van der Waals surface area contributed by atoms with Gasteiger partial charge in [-0.3, -0.25) is 0 Å². The fourth-order valence-corrected chi connectivity index (χ4v) is 2.71. The van der Waals surface area contributed by atoms with Crippen LogP contribution in [0.3, 0.4) is 0 Å². The second-order valence-corrected chi connectivity index (χ2v) is 6.94. The summed E-state index contributed by atoms with van der Waals surface area (Å²) < 4.78 is 11.1. The number of carboxylic acid groups (broad SMARTS) is 1. The van der Waals surface area contributed by atoms with Gasteiger partial charge >= 0.3 is 6.09 Å². The minimum Gasteiger partial charge on any atom is -0.547 e. The lowest BCUT2D eigenvalue weighted by atomic mass is 9.79. The average Bonchev–Trinajstić information content (AvgIpc) is 2.31. The van der Waals surface area contributed by atoms with Crippen molar-refractivity contribution in [3.8, 4) is 0 Å². The van der Waals surface area contributed by atoms with Crippen molar-refractivity contribution in [1.29, 1.82) is 0 Å². The SMILES string of the molecule is CC(C)(C)OC(=O)N1CCCC(OC2(C(=O)[O-])CCC2)C1. The van der Waals surface area contributed by atoms with Gasteiger partial charge in [0, 0.05) is 6.54 Å². The smallest absolute Gasteiger partial charge is 0.410 e. The van der Waals surface area contributed by atoms with Crippen molar-refractivity contribution in [3.63, 3.8) is 0 Å². The largest absolute Gasteiger partial charge is 0.547 e. The normalized spacial score (nSPS) is 25.1. The van der Waals surface area contributed by atoms with Crippen LogP contribution in [0.25, 0.3) is 0 Å². The van der Waals surface area contributed by atoms with E-state index in [2.05, 4.69) is 0 Å². The van der Waals surface area contributed by atoms with Gasteiger partial charge in [-0.2, -0.15) is 0 Å². The number of aliphatic carboxylic acids is 1. The zero-order valence-electron chi connectivity index (χ0n) is 13.0. The van der Waals surface area contributed by atoms with Crippen molar-refractivity contribution < 1.29 is 24.2 Å². The Bertz CT molecular complexity index is 411. The van der Waals surface area contributed by atoms with Crippen LogP contribution in [0.5, 0.6) is 0 Å². The first-order valence-electron chi connectivity index (χ1n) is 7.59. The van der Waals surface area contributed by atoms with Crippen molar-refractivity contribution in [3.05, 3.63) is 0 Å². The van der Waals surface area contributed by atoms with Crippen LogP contribution in [-0.4, -0.2) is 47.4 Å². The molecular formula is C15H24NO5-. The van der Waals surface area contributed by atoms with Crippen LogP contribution in [0.2, 0.25) is 0 Å². The molecule has 2 aliphatic rings. The lowest BCUT2D eigenvalue weighted by Crippen LogP contribution is -2.58. The van der Waals surface area contributed by atoms with E-state index in [0.29, 0.717) is 25.9 Å². The summed E-state index contributed by atoms with van der Waals surface area (Å²) in [6, 6.07) is 0. The fraction of sp³-hybridized carbons (Fsp3) is 0.867. The Morgan fingerprint density at radius 1 is 1.24 bits per heavy atom. The highest BCUT2D eigenvalue weighted by molar-refractivity contribution is 5.76. The first-order chi connectivity index (χ1) is 9.72. The molecule has 1 saturated carbocycles. The molecule has 120 valence electrons. The summed E-state index contributed by atoms with van der Waals surface area (Å²) in [4.78, 5) is 24.9. The zero-order chi connectivity index (χ0) is 15.7. The molecule has 6 nitrogen and oxygen atoms in total. The van der Waals surface area contributed by atoms with Crippen LogP contribution in [0.1, 0.15) is 52.9 Å². The summed E-state index contributed by atoms with van der Waals surface area (Å²) >= 11 is 0. The van der Waals surface area contributed by atoms with Gasteiger partial charge in [0.25, 0.3) is 0 Å². The van der Waals surface area contributed by atoms with E-state index in [9.17, 15) is 14.7 Å². The molecule has 1 aliphatic carbocycles. The maximum atomic E-state index is 12.1. The predicted octanol–water partition coefficient (Wildman–Crippen LogP) is 1.08. The van der Waals surface area contributed by atoms with E-state index in [1.54, 1.807) is 4.90 Å². The fourth-order valence-electron chi connectivity index (χ4n) is 2.71. The molecule has 2 fully saturated rings. The molecule has 0 bridgehead atoms. The van der Waals surface area contributed by atoms with E-state index in [1.807, 2.05) is 20.8 Å². The van der Waals surface area contributed by atoms with E-state index < -0.39 is 17.2 Å². The molecule has 2 rings (SSSR count). The van der Waals surface area contributed by atoms with Crippen molar-refractivity contribution in [2.75, 3.05) is 13.1 Å². The number of carboxylic acids is 1. The molecular weight excluding hydrogens is 274 g/mol. The van der Waals surface area contributed by atoms with Gasteiger partial charge in [-0.25, -0.2) is 4.79 Å². The second-order valence-electron chi connectivity index (χ2n) is 6.94. The zero-order valence-corrected chi connectivity index (χ0v) is 13.0. The first kappa shape index (κ1) is 16.1. The Morgan fingerprint density at radius 3 is 2.38 bits per heavy atom. The maximum absolute atomic E-state index is 12.1. The lowest BCUT2D eigenvalue weighted by molar-refractivity contribution is -0.337. The molecule has 0 N–H and O–H groups in total. The summed E-state index contributed by atoms with van der Waals surface area (Å²) in [6.45, 7) is 6.46. The molecule has 1 saturated heterocycles. The van der Waals surface area contributed by atoms with Gasteiger partial charge in [0.2, 0.25) is 0 Å². The Hall–Kier alpha value is -1.30. The second kappa shape index (κ2) is 5.83. The highest BCUT2D eigenvalue weighted by Crippen LogP contribution is 2.37. The van der Waals surface area contributed by atoms with Gasteiger partial charge < -0.3 is 24.3 Å². The summed E-state index contributed by atoms with van der Waals surface area (Å²) in [7, 11) is 0. The molecule has 6 heteroatoms. The number of piperidine rings is 1. The number of hydrogen-bond acceptors (Lipinski definition) is 5. The summed E-state index contributed by atoms with van der Waals surface area (Å²) in [6.07, 6.45) is 2.75. The van der Waals surface area contributed by atoms with E-state index in [-0.39, 0.29) is 12.2 Å². The Morgan fingerprint density at radius 2 is 1.90 bits per heavy atom. The highest BCUT2D eigenvalue weighted by Gasteiger charge is 2.42. The lowest BCUT2D eigenvalue weighted by Gasteiger charge is -2.46. The van der Waals surface area contributed by atoms with Crippen molar-refractivity contribution in [2.24, 2.45) is 0 Å². The topological polar surface area (TPSA) is 78.9 Å². The highest BCUT2D eigenvalue weighted by atomic mass is 16.6. The van der Waals surface area contributed by atoms with E-state index in [0.717, 1.165) is 19.3 Å². The monoisotopic (exact) mass is 298 g/mol. The Balaban J connectivity index is 1.92. The van der Waals surface area contributed by atoms with Crippen molar-refractivity contribution >= 4 is 12.1 Å². The molecule has 0 aromatic rings. The van der Waals surface area contributed by atoms with Gasteiger partial charge in [0.05, 0.1) is 18.6 Å². The Labute approximate surface area is 125 Å². The van der Waals surface area contributed by atoms with Crippen molar-refractivity contribution in [2.45, 2.75) is 70.2 Å². The van der Waals surface area contributed by atoms with E-state index in [1.165, 1.54) is 0 Å². The number of likely N-dealkylation sites (tertiary alicyclic amines) is 1. The van der Waals surface area contributed by atoms with Crippen LogP contribution in [0, 0.1) is 0 Å². The van der Waals surface area contributed by atoms with E-state index in [4.69, 9.17) is 9.47 Å². The first-order valence-corrected chi connectivity index (χ1v) is 7.59. The molecule has 0 aromatic heterocycles. The summed E-state index contributed by atoms with van der Waals surface area (Å²) in [5.41, 5.74) is -1.67. The molecule has 1 unspecified atom stereocenters. The Kier molecular flexibility index (Phi) is 4.46. The molecule has 1 aliphatic heterocycles. The third-order valence-electron chi connectivity index (χ3n) is 3.96. The minimum atomic E-state index is -1.14. The minimum absolute atomic E-state index is 0.260. The third kappa shape index (κ3) is 3.87. The number of nitrogens with zero attached hydrogens (tertiary/aromatic N) is 1. The van der Waals surface area contributed by atoms with Crippen LogP contribution in [0.4, 0.5) is 4.79 Å². The van der Waals surface area contributed by atoms with Gasteiger partial charge in [-0.05, 0) is 52.9 Å². The summed E-state index contributed by atoms with van der Waals surface area (Å²) in [5.74, 6) is -1.14. The molecule has 0 radical (unpaired) electrons. The molecule has 1 heterocycles. The summed E-state index contributed by atoms with van der Waals surface area (Å²) in [5, 5.41) is 11.2. The van der Waals surface area contributed by atoms with Crippen LogP contribution < -0.4 is 5.11 Å². The predicted molar refractivity (Wildman–Crippen MR) is 73.5 cm³/mol. The van der Waals surface area contributed by atoms with E-state index >= 15 is 0 Å². The molecule has 0 spiro atoms. The number of rotatable bonds is 3. The molecule has 21 heavy (non-hydrogen) atoms. The third-order valence-corrected chi connectivity index (χ3v) is 3.96. The van der Waals surface area contributed by atoms with Gasteiger partial charge in [0.1, 0.15) is 11.2 Å². The maximum Gasteiger partial charge on any atom is 0.410 e. The standard InChI is InChI=1S/C15H25NO5/c1-14(2,3)21-13(19)16-9-4-6-11(10-16)20-15(12(17)18)7-5-8-15/h11H,4-10H2,1-3H3,(H,17,18)/p-1. The molecule has 0 aromatic carbocycles. The van der Waals surface area contributed by atoms with Gasteiger partial charge in [-0.1, -0.05) is 0 Å².